The molecule has 1 N–H and O–H groups in total. The molecule has 0 radical (unpaired) electrons. The van der Waals surface area contributed by atoms with Gasteiger partial charge < -0.3 is 10.0 Å². The van der Waals surface area contributed by atoms with Crippen molar-refractivity contribution in [2.24, 2.45) is 17.8 Å². The van der Waals surface area contributed by atoms with E-state index in [9.17, 15) is 9.90 Å². The summed E-state index contributed by atoms with van der Waals surface area (Å²) in [5.41, 5.74) is 0. The first-order valence-corrected chi connectivity index (χ1v) is 8.39. The van der Waals surface area contributed by atoms with E-state index < -0.39 is 0 Å². The van der Waals surface area contributed by atoms with Crippen LogP contribution in [-0.2, 0) is 4.79 Å². The molecule has 2 aliphatic carbocycles. The molecule has 112 valence electrons. The summed E-state index contributed by atoms with van der Waals surface area (Å²) in [4.78, 5) is 16.7. The molecule has 0 aromatic rings. The van der Waals surface area contributed by atoms with Crippen LogP contribution in [0.5, 0.6) is 0 Å². The van der Waals surface area contributed by atoms with Gasteiger partial charge >= 0.3 is 0 Å². The van der Waals surface area contributed by atoms with Gasteiger partial charge in [-0.25, -0.2) is 0 Å². The number of rotatable bonds is 3. The fourth-order valence-electron chi connectivity index (χ4n) is 4.97. The molecule has 0 aromatic heterocycles. The van der Waals surface area contributed by atoms with Gasteiger partial charge in [0.15, 0.2) is 0 Å². The van der Waals surface area contributed by atoms with Gasteiger partial charge in [0.2, 0.25) is 5.91 Å². The van der Waals surface area contributed by atoms with Crippen molar-refractivity contribution in [3.63, 3.8) is 0 Å². The van der Waals surface area contributed by atoms with E-state index in [2.05, 4.69) is 4.90 Å². The molecule has 0 spiro atoms. The summed E-state index contributed by atoms with van der Waals surface area (Å²) in [7, 11) is 0. The minimum atomic E-state index is -0.145. The summed E-state index contributed by atoms with van der Waals surface area (Å²) in [6.45, 7) is 3.60. The van der Waals surface area contributed by atoms with Gasteiger partial charge in [-0.2, -0.15) is 0 Å². The Hall–Kier alpha value is -0.610. The number of fused-ring (bicyclic) bond motifs is 2. The van der Waals surface area contributed by atoms with Crippen LogP contribution in [0.15, 0.2) is 0 Å². The third-order valence-electron chi connectivity index (χ3n) is 6.25. The number of nitrogens with zero attached hydrogens (tertiary/aromatic N) is 2. The second kappa shape index (κ2) is 4.99. The normalized spacial score (nSPS) is 41.4. The molecule has 4 nitrogen and oxygen atoms in total. The molecular weight excluding hydrogens is 252 g/mol. The largest absolute Gasteiger partial charge is 0.392 e. The molecule has 1 amide bonds. The van der Waals surface area contributed by atoms with Gasteiger partial charge in [-0.15, -0.1) is 0 Å². The predicted octanol–water partition coefficient (Wildman–Crippen LogP) is 1.09. The summed E-state index contributed by atoms with van der Waals surface area (Å²) in [5, 5.41) is 9.57. The van der Waals surface area contributed by atoms with Gasteiger partial charge in [0, 0.05) is 38.6 Å². The molecule has 2 saturated heterocycles. The number of likely N-dealkylation sites (tertiary alicyclic amines) is 2. The number of carbonyl (C=O) groups is 1. The maximum atomic E-state index is 12.3. The lowest BCUT2D eigenvalue weighted by Crippen LogP contribution is -2.60. The number of hydrogen-bond acceptors (Lipinski definition) is 3. The van der Waals surface area contributed by atoms with E-state index >= 15 is 0 Å². The van der Waals surface area contributed by atoms with Crippen molar-refractivity contribution < 1.29 is 9.90 Å². The molecule has 2 heterocycles. The Morgan fingerprint density at radius 2 is 1.95 bits per heavy atom. The monoisotopic (exact) mass is 278 g/mol. The zero-order valence-electron chi connectivity index (χ0n) is 12.2. The maximum absolute atomic E-state index is 12.3. The minimum absolute atomic E-state index is 0.145. The van der Waals surface area contributed by atoms with Crippen molar-refractivity contribution in [2.45, 2.75) is 50.7 Å². The fraction of sp³-hybridized carbons (Fsp3) is 0.938. The van der Waals surface area contributed by atoms with Crippen molar-refractivity contribution >= 4 is 5.91 Å². The highest BCUT2D eigenvalue weighted by atomic mass is 16.3. The van der Waals surface area contributed by atoms with Gasteiger partial charge in [0.25, 0.3) is 0 Å². The summed E-state index contributed by atoms with van der Waals surface area (Å²) in [6.07, 6.45) is 7.05. The number of amides is 1. The molecule has 4 heteroatoms. The van der Waals surface area contributed by atoms with Gasteiger partial charge in [-0.05, 0) is 43.4 Å². The number of β-amino-alcohol motifs (C(OH)–C–C–N with tert-alkyl or cyclic N) is 1. The number of aliphatic hydroxyl groups is 1. The van der Waals surface area contributed by atoms with Crippen LogP contribution in [0.4, 0.5) is 0 Å². The van der Waals surface area contributed by atoms with Crippen LogP contribution in [0.25, 0.3) is 0 Å². The molecule has 0 aromatic carbocycles. The molecule has 2 saturated carbocycles. The maximum Gasteiger partial charge on any atom is 0.222 e. The average Bonchev–Trinajstić information content (AvgIpc) is 3.04. The highest BCUT2D eigenvalue weighted by molar-refractivity contribution is 5.77. The highest BCUT2D eigenvalue weighted by Gasteiger charge is 2.42. The quantitative estimate of drug-likeness (QED) is 0.840. The third kappa shape index (κ3) is 2.27. The zero-order chi connectivity index (χ0) is 13.7. The Morgan fingerprint density at radius 3 is 2.55 bits per heavy atom. The van der Waals surface area contributed by atoms with Crippen molar-refractivity contribution in [2.75, 3.05) is 26.2 Å². The minimum Gasteiger partial charge on any atom is -0.392 e. The topological polar surface area (TPSA) is 43.8 Å². The number of aliphatic hydroxyl groups excluding tert-OH is 1. The molecule has 2 bridgehead atoms. The molecular formula is C16H26N2O2. The lowest BCUT2D eigenvalue weighted by Gasteiger charge is -2.44. The van der Waals surface area contributed by atoms with Gasteiger partial charge in [-0.1, -0.05) is 6.42 Å². The highest BCUT2D eigenvalue weighted by Crippen LogP contribution is 2.49. The summed E-state index contributed by atoms with van der Waals surface area (Å²) in [5.74, 6) is 2.87. The Morgan fingerprint density at radius 1 is 1.10 bits per heavy atom. The van der Waals surface area contributed by atoms with Crippen LogP contribution in [0.3, 0.4) is 0 Å². The van der Waals surface area contributed by atoms with Gasteiger partial charge in [0.05, 0.1) is 6.10 Å². The SMILES string of the molecule is O=C(CC1CC2CCC1C2)N1CC(N2CCC(O)C2)C1. The van der Waals surface area contributed by atoms with Crippen molar-refractivity contribution in [3.05, 3.63) is 0 Å². The Labute approximate surface area is 121 Å². The zero-order valence-corrected chi connectivity index (χ0v) is 12.2. The Kier molecular flexibility index (Phi) is 3.26. The molecule has 4 unspecified atom stereocenters. The molecule has 4 fully saturated rings. The van der Waals surface area contributed by atoms with Crippen LogP contribution >= 0.6 is 0 Å². The van der Waals surface area contributed by atoms with Crippen LogP contribution in [0.2, 0.25) is 0 Å². The molecule has 4 atom stereocenters. The lowest BCUT2D eigenvalue weighted by atomic mass is 9.86. The molecule has 20 heavy (non-hydrogen) atoms. The second-order valence-electron chi connectivity index (χ2n) is 7.53. The van der Waals surface area contributed by atoms with Crippen LogP contribution in [-0.4, -0.2) is 59.1 Å². The van der Waals surface area contributed by atoms with Gasteiger partial charge in [-0.3, -0.25) is 9.69 Å². The predicted molar refractivity (Wildman–Crippen MR) is 76.1 cm³/mol. The third-order valence-corrected chi connectivity index (χ3v) is 6.25. The molecule has 4 aliphatic rings. The fourth-order valence-corrected chi connectivity index (χ4v) is 4.97. The van der Waals surface area contributed by atoms with E-state index in [0.29, 0.717) is 17.9 Å². The van der Waals surface area contributed by atoms with Crippen molar-refractivity contribution in [3.8, 4) is 0 Å². The van der Waals surface area contributed by atoms with Crippen LogP contribution in [0.1, 0.15) is 38.5 Å². The second-order valence-corrected chi connectivity index (χ2v) is 7.53. The smallest absolute Gasteiger partial charge is 0.222 e. The van der Waals surface area contributed by atoms with E-state index in [0.717, 1.165) is 50.9 Å². The lowest BCUT2D eigenvalue weighted by molar-refractivity contribution is -0.139. The standard InChI is InChI=1S/C16H26N2O2/c19-15-3-4-17(10-15)14-8-18(9-14)16(20)7-13-6-11-1-2-12(13)5-11/h11-15,19H,1-10H2. The molecule has 2 aliphatic heterocycles. The van der Waals surface area contributed by atoms with Gasteiger partial charge in [0.1, 0.15) is 0 Å². The van der Waals surface area contributed by atoms with E-state index in [4.69, 9.17) is 0 Å². The van der Waals surface area contributed by atoms with E-state index in [1.54, 1.807) is 0 Å². The Bertz CT molecular complexity index is 394. The first-order valence-electron chi connectivity index (χ1n) is 8.39. The summed E-state index contributed by atoms with van der Waals surface area (Å²) >= 11 is 0. The summed E-state index contributed by atoms with van der Waals surface area (Å²) < 4.78 is 0. The average molecular weight is 278 g/mol. The number of hydrogen-bond donors (Lipinski definition) is 1. The molecule has 4 rings (SSSR count). The van der Waals surface area contributed by atoms with Crippen LogP contribution < -0.4 is 0 Å². The van der Waals surface area contributed by atoms with E-state index in [-0.39, 0.29) is 6.10 Å². The first-order chi connectivity index (χ1) is 9.69. The van der Waals surface area contributed by atoms with E-state index in [1.165, 1.54) is 25.7 Å². The van der Waals surface area contributed by atoms with Crippen molar-refractivity contribution in [1.82, 2.24) is 9.80 Å². The van der Waals surface area contributed by atoms with Crippen LogP contribution in [0, 0.1) is 17.8 Å². The number of carbonyl (C=O) groups excluding carboxylic acids is 1. The Balaban J connectivity index is 1.23. The first kappa shape index (κ1) is 13.1. The summed E-state index contributed by atoms with van der Waals surface area (Å²) in [6, 6.07) is 0.510. The van der Waals surface area contributed by atoms with E-state index in [1.807, 2.05) is 4.90 Å². The van der Waals surface area contributed by atoms with Crippen molar-refractivity contribution in [1.29, 1.82) is 0 Å².